The van der Waals surface area contributed by atoms with Crippen molar-refractivity contribution in [1.29, 1.82) is 0 Å². The van der Waals surface area contributed by atoms with Crippen LogP contribution in [0.15, 0.2) is 54.7 Å². The molecule has 4 rings (SSSR count). The Kier molecular flexibility index (Phi) is 4.92. The minimum Gasteiger partial charge on any atom is -0.497 e. The third-order valence-corrected chi connectivity index (χ3v) is 5.47. The van der Waals surface area contributed by atoms with E-state index in [2.05, 4.69) is 60.4 Å². The summed E-state index contributed by atoms with van der Waals surface area (Å²) in [6.07, 6.45) is 1.96. The Morgan fingerprint density at radius 1 is 1.14 bits per heavy atom. The van der Waals surface area contributed by atoms with Crippen LogP contribution in [-0.4, -0.2) is 21.9 Å². The molecule has 144 valence electrons. The first kappa shape index (κ1) is 18.3. The van der Waals surface area contributed by atoms with Gasteiger partial charge in [-0.15, -0.1) is 0 Å². The van der Waals surface area contributed by atoms with Gasteiger partial charge in [0.2, 0.25) is 0 Å². The van der Waals surface area contributed by atoms with Crippen LogP contribution in [0.5, 0.6) is 5.75 Å². The summed E-state index contributed by atoms with van der Waals surface area (Å²) >= 11 is 0. The molecule has 0 saturated carbocycles. The Bertz CT molecular complexity index is 1090. The SMILES string of the molecule is COc1ccc2[nH]c(CNC(C)c3cnn(-c4ccccc4)c3C)c(C)c2c1. The van der Waals surface area contributed by atoms with Crippen molar-refractivity contribution in [2.75, 3.05) is 7.11 Å². The van der Waals surface area contributed by atoms with Gasteiger partial charge in [0.15, 0.2) is 0 Å². The quantitative estimate of drug-likeness (QED) is 0.508. The fraction of sp³-hybridized carbons (Fsp3) is 0.261. The van der Waals surface area contributed by atoms with Gasteiger partial charge in [-0.05, 0) is 56.7 Å². The molecule has 2 heterocycles. The van der Waals surface area contributed by atoms with E-state index >= 15 is 0 Å². The molecule has 28 heavy (non-hydrogen) atoms. The van der Waals surface area contributed by atoms with Gasteiger partial charge < -0.3 is 15.0 Å². The molecule has 1 unspecified atom stereocenters. The van der Waals surface area contributed by atoms with Crippen LogP contribution in [0.25, 0.3) is 16.6 Å². The number of aromatic amines is 1. The number of rotatable bonds is 6. The zero-order valence-electron chi connectivity index (χ0n) is 16.8. The Morgan fingerprint density at radius 2 is 1.93 bits per heavy atom. The second kappa shape index (κ2) is 7.52. The lowest BCUT2D eigenvalue weighted by Crippen LogP contribution is -2.19. The highest BCUT2D eigenvalue weighted by atomic mass is 16.5. The molecule has 0 bridgehead atoms. The summed E-state index contributed by atoms with van der Waals surface area (Å²) in [5.74, 6) is 0.881. The molecule has 4 aromatic rings. The van der Waals surface area contributed by atoms with E-state index in [1.54, 1.807) is 7.11 Å². The van der Waals surface area contributed by atoms with Crippen molar-refractivity contribution in [3.05, 3.63) is 77.2 Å². The fourth-order valence-corrected chi connectivity index (χ4v) is 3.71. The summed E-state index contributed by atoms with van der Waals surface area (Å²) in [4.78, 5) is 3.53. The Hall–Kier alpha value is -3.05. The molecule has 2 aromatic carbocycles. The van der Waals surface area contributed by atoms with E-state index in [1.807, 2.05) is 35.1 Å². The summed E-state index contributed by atoms with van der Waals surface area (Å²) in [6, 6.07) is 16.6. The maximum atomic E-state index is 5.36. The number of hydrogen-bond donors (Lipinski definition) is 2. The maximum absolute atomic E-state index is 5.36. The zero-order valence-corrected chi connectivity index (χ0v) is 16.8. The molecule has 0 aliphatic heterocycles. The first-order chi connectivity index (χ1) is 13.6. The third-order valence-electron chi connectivity index (χ3n) is 5.47. The van der Waals surface area contributed by atoms with Crippen LogP contribution < -0.4 is 10.1 Å². The molecular formula is C23H26N4O. The highest BCUT2D eigenvalue weighted by Crippen LogP contribution is 2.27. The molecule has 5 nitrogen and oxygen atoms in total. The van der Waals surface area contributed by atoms with Gasteiger partial charge in [0.25, 0.3) is 0 Å². The molecule has 2 N–H and O–H groups in total. The predicted molar refractivity (Wildman–Crippen MR) is 113 cm³/mol. The summed E-state index contributed by atoms with van der Waals surface area (Å²) in [5.41, 5.74) is 7.03. The van der Waals surface area contributed by atoms with Crippen molar-refractivity contribution in [2.24, 2.45) is 0 Å². The van der Waals surface area contributed by atoms with E-state index in [0.29, 0.717) is 0 Å². The average Bonchev–Trinajstić information content (AvgIpc) is 3.26. The van der Waals surface area contributed by atoms with E-state index in [1.165, 1.54) is 22.2 Å². The standard InChI is InChI=1S/C23H26N4O/c1-15-20-12-19(28-4)10-11-22(20)26-23(15)14-24-16(2)21-13-25-27(17(21)3)18-8-6-5-7-9-18/h5-13,16,24,26H,14H2,1-4H3. The van der Waals surface area contributed by atoms with Gasteiger partial charge >= 0.3 is 0 Å². The third kappa shape index (κ3) is 3.29. The average molecular weight is 374 g/mol. The fourth-order valence-electron chi connectivity index (χ4n) is 3.71. The van der Waals surface area contributed by atoms with Crippen LogP contribution in [0.2, 0.25) is 0 Å². The summed E-state index contributed by atoms with van der Waals surface area (Å²) in [5, 5.41) is 9.43. The smallest absolute Gasteiger partial charge is 0.119 e. The number of fused-ring (bicyclic) bond motifs is 1. The minimum absolute atomic E-state index is 0.192. The first-order valence-electron chi connectivity index (χ1n) is 9.57. The van der Waals surface area contributed by atoms with Crippen LogP contribution in [0.4, 0.5) is 0 Å². The maximum Gasteiger partial charge on any atom is 0.119 e. The molecule has 0 fully saturated rings. The number of nitrogens with one attached hydrogen (secondary N) is 2. The van der Waals surface area contributed by atoms with Crippen molar-refractivity contribution in [1.82, 2.24) is 20.1 Å². The van der Waals surface area contributed by atoms with Crippen LogP contribution in [-0.2, 0) is 6.54 Å². The molecule has 2 aromatic heterocycles. The largest absolute Gasteiger partial charge is 0.497 e. The molecular weight excluding hydrogens is 348 g/mol. The Labute approximate surface area is 165 Å². The van der Waals surface area contributed by atoms with Crippen LogP contribution in [0, 0.1) is 13.8 Å². The minimum atomic E-state index is 0.192. The van der Waals surface area contributed by atoms with E-state index in [9.17, 15) is 0 Å². The van der Waals surface area contributed by atoms with Gasteiger partial charge in [-0.3, -0.25) is 0 Å². The second-order valence-electron chi connectivity index (χ2n) is 7.18. The highest BCUT2D eigenvalue weighted by Gasteiger charge is 2.15. The summed E-state index contributed by atoms with van der Waals surface area (Å²) in [6.45, 7) is 7.22. The second-order valence-corrected chi connectivity index (χ2v) is 7.18. The number of hydrogen-bond acceptors (Lipinski definition) is 3. The number of nitrogens with zero attached hydrogens (tertiary/aromatic N) is 2. The highest BCUT2D eigenvalue weighted by molar-refractivity contribution is 5.85. The monoisotopic (exact) mass is 374 g/mol. The van der Waals surface area contributed by atoms with Gasteiger partial charge in [-0.2, -0.15) is 5.10 Å². The molecule has 5 heteroatoms. The number of ether oxygens (including phenoxy) is 1. The molecule has 0 saturated heterocycles. The number of methoxy groups -OCH3 is 1. The van der Waals surface area contributed by atoms with Gasteiger partial charge in [0.05, 0.1) is 19.0 Å². The van der Waals surface area contributed by atoms with Crippen molar-refractivity contribution in [3.8, 4) is 11.4 Å². The lowest BCUT2D eigenvalue weighted by atomic mass is 10.1. The van der Waals surface area contributed by atoms with E-state index < -0.39 is 0 Å². The van der Waals surface area contributed by atoms with Crippen LogP contribution in [0.1, 0.15) is 35.5 Å². The lowest BCUT2D eigenvalue weighted by Gasteiger charge is -2.14. The van der Waals surface area contributed by atoms with E-state index in [0.717, 1.165) is 29.2 Å². The molecule has 0 aliphatic carbocycles. The number of aryl methyl sites for hydroxylation is 1. The van der Waals surface area contributed by atoms with Crippen LogP contribution >= 0.6 is 0 Å². The zero-order chi connectivity index (χ0) is 19.7. The number of benzene rings is 2. The molecule has 0 amide bonds. The van der Waals surface area contributed by atoms with Gasteiger partial charge in [-0.1, -0.05) is 18.2 Å². The van der Waals surface area contributed by atoms with Gasteiger partial charge in [0, 0.05) is 40.4 Å². The number of para-hydroxylation sites is 1. The van der Waals surface area contributed by atoms with Crippen molar-refractivity contribution < 1.29 is 4.74 Å². The summed E-state index contributed by atoms with van der Waals surface area (Å²) in [7, 11) is 1.70. The Balaban J connectivity index is 1.52. The molecule has 0 aliphatic rings. The molecule has 1 atom stereocenters. The topological polar surface area (TPSA) is 54.9 Å². The number of aromatic nitrogens is 3. The van der Waals surface area contributed by atoms with Crippen molar-refractivity contribution in [3.63, 3.8) is 0 Å². The predicted octanol–water partition coefficient (Wildman–Crippen LogP) is 4.83. The van der Waals surface area contributed by atoms with Gasteiger partial charge in [0.1, 0.15) is 5.75 Å². The first-order valence-corrected chi connectivity index (χ1v) is 9.57. The number of H-pyrrole nitrogens is 1. The summed E-state index contributed by atoms with van der Waals surface area (Å²) < 4.78 is 7.35. The van der Waals surface area contributed by atoms with Gasteiger partial charge in [-0.25, -0.2) is 4.68 Å². The van der Waals surface area contributed by atoms with Crippen molar-refractivity contribution in [2.45, 2.75) is 33.4 Å². The van der Waals surface area contributed by atoms with E-state index in [-0.39, 0.29) is 6.04 Å². The normalized spacial score (nSPS) is 12.4. The van der Waals surface area contributed by atoms with Crippen molar-refractivity contribution >= 4 is 10.9 Å². The molecule has 0 spiro atoms. The molecule has 0 radical (unpaired) electrons. The lowest BCUT2D eigenvalue weighted by molar-refractivity contribution is 0.415. The van der Waals surface area contributed by atoms with Crippen LogP contribution in [0.3, 0.4) is 0 Å². The Morgan fingerprint density at radius 3 is 2.68 bits per heavy atom. The van der Waals surface area contributed by atoms with E-state index in [4.69, 9.17) is 4.74 Å².